The lowest BCUT2D eigenvalue weighted by Crippen LogP contribution is -2.12. The van der Waals surface area contributed by atoms with Gasteiger partial charge in [0, 0.05) is 18.3 Å². The smallest absolute Gasteiger partial charge is 0.223 e. The third kappa shape index (κ3) is 4.07. The van der Waals surface area contributed by atoms with Crippen molar-refractivity contribution in [2.75, 3.05) is 6.54 Å². The molecule has 1 N–H and O–H groups in total. The molecule has 106 valence electrons. The lowest BCUT2D eigenvalue weighted by Gasteiger charge is -2.10. The third-order valence-corrected chi connectivity index (χ3v) is 3.09. The molecule has 0 spiro atoms. The van der Waals surface area contributed by atoms with E-state index in [1.807, 2.05) is 24.3 Å². The second-order valence-corrected chi connectivity index (χ2v) is 4.74. The van der Waals surface area contributed by atoms with Crippen molar-refractivity contribution in [2.24, 2.45) is 0 Å². The van der Waals surface area contributed by atoms with Crippen molar-refractivity contribution in [1.29, 1.82) is 0 Å². The minimum Gasteiger partial charge on any atom is -0.439 e. The van der Waals surface area contributed by atoms with Gasteiger partial charge in [0.25, 0.3) is 0 Å². The zero-order valence-corrected chi connectivity index (χ0v) is 12.2. The third-order valence-electron chi connectivity index (χ3n) is 3.09. The van der Waals surface area contributed by atoms with Gasteiger partial charge in [0.15, 0.2) is 0 Å². The van der Waals surface area contributed by atoms with E-state index in [0.717, 1.165) is 37.2 Å². The number of aromatic nitrogens is 1. The molecule has 0 aliphatic rings. The lowest BCUT2D eigenvalue weighted by atomic mass is 10.1. The minimum absolute atomic E-state index is 0.677. The molecule has 1 aromatic carbocycles. The molecule has 20 heavy (non-hydrogen) atoms. The van der Waals surface area contributed by atoms with Crippen LogP contribution in [0, 0.1) is 0 Å². The van der Waals surface area contributed by atoms with Crippen LogP contribution in [0.2, 0.25) is 0 Å². The van der Waals surface area contributed by atoms with E-state index in [4.69, 9.17) is 4.74 Å². The van der Waals surface area contributed by atoms with Crippen molar-refractivity contribution in [1.82, 2.24) is 10.3 Å². The summed E-state index contributed by atoms with van der Waals surface area (Å²) in [4.78, 5) is 4.32. The predicted molar refractivity (Wildman–Crippen MR) is 82.1 cm³/mol. The van der Waals surface area contributed by atoms with Gasteiger partial charge in [-0.2, -0.15) is 0 Å². The summed E-state index contributed by atoms with van der Waals surface area (Å²) in [5, 5.41) is 3.30. The fourth-order valence-corrected chi connectivity index (χ4v) is 2.03. The Morgan fingerprint density at radius 2 is 1.90 bits per heavy atom. The molecule has 3 nitrogen and oxygen atoms in total. The van der Waals surface area contributed by atoms with Crippen molar-refractivity contribution in [2.45, 2.75) is 33.2 Å². The van der Waals surface area contributed by atoms with Crippen molar-refractivity contribution >= 4 is 0 Å². The molecular formula is C17H22N2O. The monoisotopic (exact) mass is 270 g/mol. The number of rotatable bonds is 7. The molecule has 1 aromatic heterocycles. The van der Waals surface area contributed by atoms with Crippen molar-refractivity contribution < 1.29 is 4.74 Å². The average Bonchev–Trinajstić information content (AvgIpc) is 2.49. The van der Waals surface area contributed by atoms with Crippen LogP contribution in [0.5, 0.6) is 11.6 Å². The number of ether oxygens (including phenoxy) is 1. The highest BCUT2D eigenvalue weighted by molar-refractivity contribution is 5.34. The van der Waals surface area contributed by atoms with Crippen LogP contribution in [0.3, 0.4) is 0 Å². The van der Waals surface area contributed by atoms with E-state index >= 15 is 0 Å². The molecule has 0 unspecified atom stereocenters. The van der Waals surface area contributed by atoms with Crippen LogP contribution in [-0.4, -0.2) is 11.5 Å². The fourth-order valence-electron chi connectivity index (χ4n) is 2.03. The molecule has 0 amide bonds. The van der Waals surface area contributed by atoms with Crippen LogP contribution in [-0.2, 0) is 13.0 Å². The number of benzene rings is 1. The largest absolute Gasteiger partial charge is 0.439 e. The summed E-state index contributed by atoms with van der Waals surface area (Å²) < 4.78 is 5.89. The first-order valence-electron chi connectivity index (χ1n) is 7.25. The fraction of sp³-hybridized carbons (Fsp3) is 0.353. The Bertz CT molecular complexity index is 523. The van der Waals surface area contributed by atoms with Gasteiger partial charge in [-0.3, -0.25) is 0 Å². The second-order valence-electron chi connectivity index (χ2n) is 4.74. The SMILES string of the molecule is CCCc1ccc(Oc2ncccc2CNCC)cc1. The molecule has 2 aromatic rings. The maximum atomic E-state index is 5.89. The van der Waals surface area contributed by atoms with E-state index in [2.05, 4.69) is 36.3 Å². The van der Waals surface area contributed by atoms with Gasteiger partial charge in [-0.1, -0.05) is 38.5 Å². The number of aryl methyl sites for hydroxylation is 1. The van der Waals surface area contributed by atoms with Crippen molar-refractivity contribution in [3.63, 3.8) is 0 Å². The summed E-state index contributed by atoms with van der Waals surface area (Å²) in [5.41, 5.74) is 2.42. The summed E-state index contributed by atoms with van der Waals surface area (Å²) in [6.07, 6.45) is 4.03. The molecule has 0 fully saturated rings. The van der Waals surface area contributed by atoms with Crippen LogP contribution in [0.4, 0.5) is 0 Å². The van der Waals surface area contributed by atoms with Gasteiger partial charge >= 0.3 is 0 Å². The molecular weight excluding hydrogens is 248 g/mol. The topological polar surface area (TPSA) is 34.1 Å². The number of nitrogens with zero attached hydrogens (tertiary/aromatic N) is 1. The zero-order chi connectivity index (χ0) is 14.2. The first-order valence-corrected chi connectivity index (χ1v) is 7.25. The van der Waals surface area contributed by atoms with Crippen LogP contribution in [0.1, 0.15) is 31.4 Å². The number of nitrogens with one attached hydrogen (secondary N) is 1. The lowest BCUT2D eigenvalue weighted by molar-refractivity contribution is 0.453. The van der Waals surface area contributed by atoms with E-state index in [0.29, 0.717) is 5.88 Å². The Labute approximate surface area is 121 Å². The summed E-state index contributed by atoms with van der Waals surface area (Å²) >= 11 is 0. The van der Waals surface area contributed by atoms with E-state index in [-0.39, 0.29) is 0 Å². The number of hydrogen-bond donors (Lipinski definition) is 1. The maximum Gasteiger partial charge on any atom is 0.223 e. The quantitative estimate of drug-likeness (QED) is 0.827. The van der Waals surface area contributed by atoms with E-state index < -0.39 is 0 Å². The highest BCUT2D eigenvalue weighted by atomic mass is 16.5. The highest BCUT2D eigenvalue weighted by Gasteiger charge is 2.05. The van der Waals surface area contributed by atoms with E-state index in [9.17, 15) is 0 Å². The first kappa shape index (κ1) is 14.5. The molecule has 0 saturated heterocycles. The van der Waals surface area contributed by atoms with Crippen LogP contribution in [0.25, 0.3) is 0 Å². The van der Waals surface area contributed by atoms with Crippen LogP contribution >= 0.6 is 0 Å². The summed E-state index contributed by atoms with van der Waals surface area (Å²) in [5.74, 6) is 1.51. The molecule has 0 aliphatic heterocycles. The normalized spacial score (nSPS) is 10.5. The highest BCUT2D eigenvalue weighted by Crippen LogP contribution is 2.23. The molecule has 0 bridgehead atoms. The Morgan fingerprint density at radius 3 is 2.60 bits per heavy atom. The van der Waals surface area contributed by atoms with E-state index in [1.165, 1.54) is 5.56 Å². The van der Waals surface area contributed by atoms with Gasteiger partial charge in [-0.15, -0.1) is 0 Å². The molecule has 0 saturated carbocycles. The van der Waals surface area contributed by atoms with Gasteiger partial charge < -0.3 is 10.1 Å². The van der Waals surface area contributed by atoms with Crippen LogP contribution < -0.4 is 10.1 Å². The number of hydrogen-bond acceptors (Lipinski definition) is 3. The molecule has 2 rings (SSSR count). The molecule has 3 heteroatoms. The van der Waals surface area contributed by atoms with Crippen LogP contribution in [0.15, 0.2) is 42.6 Å². The first-order chi connectivity index (χ1) is 9.83. The van der Waals surface area contributed by atoms with Gasteiger partial charge in [0.1, 0.15) is 5.75 Å². The second kappa shape index (κ2) is 7.65. The Hall–Kier alpha value is -1.87. The van der Waals surface area contributed by atoms with E-state index in [1.54, 1.807) is 6.20 Å². The molecule has 0 aliphatic carbocycles. The number of pyridine rings is 1. The van der Waals surface area contributed by atoms with Crippen molar-refractivity contribution in [3.8, 4) is 11.6 Å². The van der Waals surface area contributed by atoms with Gasteiger partial charge in [-0.05, 0) is 36.7 Å². The average molecular weight is 270 g/mol. The van der Waals surface area contributed by atoms with Crippen molar-refractivity contribution in [3.05, 3.63) is 53.7 Å². The summed E-state index contributed by atoms with van der Waals surface area (Å²) in [6, 6.07) is 12.2. The molecule has 0 atom stereocenters. The minimum atomic E-state index is 0.677. The standard InChI is InChI=1S/C17H22N2O/c1-3-6-14-8-10-16(11-9-14)20-17-15(13-18-4-2)7-5-12-19-17/h5,7-12,18H,3-4,6,13H2,1-2H3. The van der Waals surface area contributed by atoms with Gasteiger partial charge in [-0.25, -0.2) is 4.98 Å². The Morgan fingerprint density at radius 1 is 1.10 bits per heavy atom. The molecule has 0 radical (unpaired) electrons. The Kier molecular flexibility index (Phi) is 5.56. The summed E-state index contributed by atoms with van der Waals surface area (Å²) in [6.45, 7) is 5.97. The van der Waals surface area contributed by atoms with Gasteiger partial charge in [0.2, 0.25) is 5.88 Å². The predicted octanol–water partition coefficient (Wildman–Crippen LogP) is 3.94. The zero-order valence-electron chi connectivity index (χ0n) is 12.2. The molecule has 1 heterocycles. The maximum absolute atomic E-state index is 5.89. The Balaban J connectivity index is 2.08. The summed E-state index contributed by atoms with van der Waals surface area (Å²) in [7, 11) is 0. The van der Waals surface area contributed by atoms with Gasteiger partial charge in [0.05, 0.1) is 0 Å².